The van der Waals surface area contributed by atoms with Crippen LogP contribution in [-0.4, -0.2) is 65.5 Å². The predicted molar refractivity (Wildman–Crippen MR) is 83.3 cm³/mol. The van der Waals surface area contributed by atoms with E-state index in [1.807, 2.05) is 0 Å². The zero-order valence-corrected chi connectivity index (χ0v) is 12.9. The smallest absolute Gasteiger partial charge is 0.326 e. The second kappa shape index (κ2) is 8.93. The lowest BCUT2D eigenvalue weighted by Crippen LogP contribution is -2.51. The minimum Gasteiger partial charge on any atom is -0.480 e. The summed E-state index contributed by atoms with van der Waals surface area (Å²) in [7, 11) is 0. The highest BCUT2D eigenvalue weighted by atomic mass is 16.4. The zero-order valence-electron chi connectivity index (χ0n) is 12.9. The van der Waals surface area contributed by atoms with Crippen LogP contribution >= 0.6 is 0 Å². The summed E-state index contributed by atoms with van der Waals surface area (Å²) in [5, 5.41) is 11.7. The highest BCUT2D eigenvalue weighted by molar-refractivity contribution is 5.91. The van der Waals surface area contributed by atoms with E-state index in [-0.39, 0.29) is 31.4 Å². The van der Waals surface area contributed by atoms with Crippen molar-refractivity contribution in [1.29, 1.82) is 0 Å². The van der Waals surface area contributed by atoms with E-state index in [4.69, 9.17) is 17.2 Å². The van der Waals surface area contributed by atoms with Crippen LogP contribution in [0, 0.1) is 0 Å². The molecule has 0 bridgehead atoms. The Labute approximate surface area is 134 Å². The summed E-state index contributed by atoms with van der Waals surface area (Å²) in [5.74, 6) is -2.00. The van der Waals surface area contributed by atoms with Crippen molar-refractivity contribution in [1.82, 2.24) is 10.2 Å². The third-order valence-corrected chi connectivity index (χ3v) is 3.61. The van der Waals surface area contributed by atoms with Gasteiger partial charge in [-0.1, -0.05) is 0 Å². The van der Waals surface area contributed by atoms with E-state index >= 15 is 0 Å². The fraction of sp³-hybridized carbons (Fsp3) is 0.692. The minimum absolute atomic E-state index is 0.0668. The van der Waals surface area contributed by atoms with Crippen molar-refractivity contribution in [2.24, 2.45) is 22.2 Å². The molecule has 2 atom stereocenters. The van der Waals surface area contributed by atoms with Crippen LogP contribution in [0.4, 0.5) is 0 Å². The van der Waals surface area contributed by atoms with Crippen LogP contribution in [0.1, 0.15) is 25.7 Å². The van der Waals surface area contributed by atoms with Crippen LogP contribution in [0.25, 0.3) is 0 Å². The quantitative estimate of drug-likeness (QED) is 0.186. The summed E-state index contributed by atoms with van der Waals surface area (Å²) in [6, 6.07) is -1.71. The van der Waals surface area contributed by atoms with Gasteiger partial charge >= 0.3 is 5.97 Å². The van der Waals surface area contributed by atoms with E-state index in [0.717, 1.165) is 0 Å². The first kappa shape index (κ1) is 18.7. The zero-order chi connectivity index (χ0) is 17.4. The summed E-state index contributed by atoms with van der Waals surface area (Å²) in [5.41, 5.74) is 15.7. The van der Waals surface area contributed by atoms with E-state index < -0.39 is 24.0 Å². The Hall–Kier alpha value is -2.36. The maximum Gasteiger partial charge on any atom is 0.326 e. The van der Waals surface area contributed by atoms with Crippen molar-refractivity contribution in [3.05, 3.63) is 0 Å². The van der Waals surface area contributed by atoms with Crippen LogP contribution in [0.5, 0.6) is 0 Å². The van der Waals surface area contributed by atoms with Gasteiger partial charge in [0, 0.05) is 13.1 Å². The fourth-order valence-corrected chi connectivity index (χ4v) is 2.48. The molecule has 0 aliphatic carbocycles. The molecule has 2 amide bonds. The molecule has 0 radical (unpaired) electrons. The van der Waals surface area contributed by atoms with Crippen LogP contribution in [-0.2, 0) is 14.4 Å². The lowest BCUT2D eigenvalue weighted by atomic mass is 10.1. The van der Waals surface area contributed by atoms with Gasteiger partial charge in [-0.15, -0.1) is 0 Å². The van der Waals surface area contributed by atoms with Gasteiger partial charge in [0.05, 0.1) is 6.54 Å². The highest BCUT2D eigenvalue weighted by Gasteiger charge is 2.35. The minimum atomic E-state index is -1.14. The number of aliphatic imine (C=N–C) groups is 1. The number of hydrogen-bond donors (Lipinski definition) is 5. The normalized spacial score (nSPS) is 18.3. The molecule has 0 aromatic rings. The van der Waals surface area contributed by atoms with Crippen LogP contribution in [0.2, 0.25) is 0 Å². The summed E-state index contributed by atoms with van der Waals surface area (Å²) in [6.07, 6.45) is 1.78. The van der Waals surface area contributed by atoms with Gasteiger partial charge < -0.3 is 32.5 Å². The number of rotatable bonds is 8. The molecule has 0 spiro atoms. The van der Waals surface area contributed by atoms with Crippen molar-refractivity contribution < 1.29 is 19.5 Å². The van der Waals surface area contributed by atoms with Crippen molar-refractivity contribution in [3.8, 4) is 0 Å². The number of nitrogens with zero attached hydrogens (tertiary/aromatic N) is 2. The number of carboxylic acid groups (broad SMARTS) is 1. The number of amides is 2. The molecule has 0 saturated carbocycles. The van der Waals surface area contributed by atoms with E-state index in [1.165, 1.54) is 4.90 Å². The molecule has 1 heterocycles. The first-order valence-corrected chi connectivity index (χ1v) is 7.45. The molecule has 130 valence electrons. The molecule has 0 aromatic heterocycles. The number of carbonyl (C=O) groups is 3. The number of carbonyl (C=O) groups excluding carboxylic acids is 2. The summed E-state index contributed by atoms with van der Waals surface area (Å²) in [6.45, 7) is 0.560. The lowest BCUT2D eigenvalue weighted by Gasteiger charge is -2.25. The molecule has 0 unspecified atom stereocenters. The second-order valence-electron chi connectivity index (χ2n) is 5.30. The van der Waals surface area contributed by atoms with Gasteiger partial charge in [-0.05, 0) is 25.7 Å². The monoisotopic (exact) mass is 328 g/mol. The number of nitrogens with two attached hydrogens (primary N) is 3. The summed E-state index contributed by atoms with van der Waals surface area (Å²) < 4.78 is 0. The molecule has 1 fully saturated rings. The molecule has 1 saturated heterocycles. The number of likely N-dealkylation sites (tertiary alicyclic amines) is 1. The first-order chi connectivity index (χ1) is 10.9. The highest BCUT2D eigenvalue weighted by Crippen LogP contribution is 2.17. The third kappa shape index (κ3) is 5.74. The molecule has 10 heteroatoms. The maximum atomic E-state index is 12.3. The number of hydrogen-bond acceptors (Lipinski definition) is 5. The molecule has 10 nitrogen and oxygen atoms in total. The molecular weight excluding hydrogens is 304 g/mol. The number of nitrogens with one attached hydrogen (secondary N) is 1. The van der Waals surface area contributed by atoms with Gasteiger partial charge in [0.25, 0.3) is 0 Å². The Kier molecular flexibility index (Phi) is 7.26. The number of aliphatic carboxylic acids is 1. The van der Waals surface area contributed by atoms with Crippen molar-refractivity contribution in [3.63, 3.8) is 0 Å². The van der Waals surface area contributed by atoms with Crippen molar-refractivity contribution in [2.45, 2.75) is 37.8 Å². The van der Waals surface area contributed by atoms with E-state index in [9.17, 15) is 19.5 Å². The van der Waals surface area contributed by atoms with Crippen molar-refractivity contribution in [2.75, 3.05) is 19.6 Å². The topological polar surface area (TPSA) is 177 Å². The molecule has 1 rings (SSSR count). The fourth-order valence-electron chi connectivity index (χ4n) is 2.48. The average molecular weight is 328 g/mol. The van der Waals surface area contributed by atoms with E-state index in [0.29, 0.717) is 25.8 Å². The molecule has 1 aliphatic heterocycles. The SMILES string of the molecule is NCC(=O)N1CCC[C@@H]1C(=O)N[C@@H](CCCN=C(N)N)C(=O)O. The molecule has 1 aliphatic rings. The summed E-state index contributed by atoms with van der Waals surface area (Å²) in [4.78, 5) is 40.3. The Morgan fingerprint density at radius 2 is 2.04 bits per heavy atom. The van der Waals surface area contributed by atoms with Crippen molar-refractivity contribution >= 4 is 23.7 Å². The van der Waals surface area contributed by atoms with Gasteiger partial charge in [-0.2, -0.15) is 0 Å². The largest absolute Gasteiger partial charge is 0.480 e. The average Bonchev–Trinajstić information content (AvgIpc) is 2.98. The second-order valence-corrected chi connectivity index (χ2v) is 5.30. The molecule has 8 N–H and O–H groups in total. The first-order valence-electron chi connectivity index (χ1n) is 7.45. The number of carboxylic acids is 1. The van der Waals surface area contributed by atoms with Gasteiger partial charge in [-0.3, -0.25) is 14.6 Å². The Morgan fingerprint density at radius 1 is 1.35 bits per heavy atom. The Morgan fingerprint density at radius 3 is 2.61 bits per heavy atom. The Bertz CT molecular complexity index is 477. The van der Waals surface area contributed by atoms with Crippen LogP contribution in [0.15, 0.2) is 4.99 Å². The summed E-state index contributed by atoms with van der Waals surface area (Å²) >= 11 is 0. The number of guanidine groups is 1. The van der Waals surface area contributed by atoms with Gasteiger partial charge in [0.1, 0.15) is 12.1 Å². The predicted octanol–water partition coefficient (Wildman–Crippen LogP) is -2.44. The maximum absolute atomic E-state index is 12.3. The van der Waals surface area contributed by atoms with Crippen LogP contribution < -0.4 is 22.5 Å². The standard InChI is InChI=1S/C13H24N6O4/c14-7-10(20)19-6-2-4-9(19)11(21)18-8(12(22)23)3-1-5-17-13(15)16/h8-9H,1-7,14H2,(H,18,21)(H,22,23)(H4,15,16,17)/t8-,9+/m0/s1. The third-order valence-electron chi connectivity index (χ3n) is 3.61. The Balaban J connectivity index is 2.58. The van der Waals surface area contributed by atoms with E-state index in [1.54, 1.807) is 0 Å². The lowest BCUT2D eigenvalue weighted by molar-refractivity contribution is -0.143. The van der Waals surface area contributed by atoms with Gasteiger partial charge in [0.15, 0.2) is 5.96 Å². The molecule has 0 aromatic carbocycles. The van der Waals surface area contributed by atoms with E-state index in [2.05, 4.69) is 10.3 Å². The molecule has 23 heavy (non-hydrogen) atoms. The van der Waals surface area contributed by atoms with Crippen LogP contribution in [0.3, 0.4) is 0 Å². The van der Waals surface area contributed by atoms with Gasteiger partial charge in [-0.25, -0.2) is 4.79 Å². The van der Waals surface area contributed by atoms with Gasteiger partial charge in [0.2, 0.25) is 11.8 Å². The molecular formula is C13H24N6O4.